The molecule has 0 fully saturated rings. The van der Waals surface area contributed by atoms with E-state index in [4.69, 9.17) is 5.73 Å². The number of nitrogens with two attached hydrogens (primary N) is 1. The monoisotopic (exact) mass is 352 g/mol. The molecule has 2 rings (SSSR count). The van der Waals surface area contributed by atoms with Crippen LogP contribution in [0.15, 0.2) is 42.5 Å². The fourth-order valence-electron chi connectivity index (χ4n) is 3.14. The van der Waals surface area contributed by atoms with Crippen molar-refractivity contribution in [3.05, 3.63) is 53.6 Å². The van der Waals surface area contributed by atoms with E-state index in [1.54, 1.807) is 0 Å². The van der Waals surface area contributed by atoms with Gasteiger partial charge in [-0.25, -0.2) is 0 Å². The number of rotatable bonds is 7. The minimum Gasteiger partial charge on any atom is -0.330 e. The lowest BCUT2D eigenvalue weighted by Gasteiger charge is -2.33. The fraction of sp³-hybridized carbons (Fsp3) is 0.500. The van der Waals surface area contributed by atoms with Gasteiger partial charge in [0.15, 0.2) is 0 Å². The van der Waals surface area contributed by atoms with Crippen molar-refractivity contribution >= 4 is 5.57 Å². The molecule has 0 aromatic heterocycles. The smallest absolute Gasteiger partial charge is 0.330 e. The van der Waals surface area contributed by atoms with Crippen molar-refractivity contribution in [2.75, 3.05) is 26.2 Å². The van der Waals surface area contributed by atoms with Gasteiger partial charge in [0.2, 0.25) is 0 Å². The third kappa shape index (κ3) is 4.95. The Morgan fingerprint density at radius 2 is 1.76 bits per heavy atom. The summed E-state index contributed by atoms with van der Waals surface area (Å²) in [6, 6.07) is 5.33. The molecule has 0 saturated carbocycles. The lowest BCUT2D eigenvalue weighted by atomic mass is 9.76. The summed E-state index contributed by atoms with van der Waals surface area (Å²) >= 11 is 0. The summed E-state index contributed by atoms with van der Waals surface area (Å²) in [7, 11) is 0. The van der Waals surface area contributed by atoms with Crippen molar-refractivity contribution < 1.29 is 13.2 Å². The van der Waals surface area contributed by atoms with Gasteiger partial charge < -0.3 is 10.6 Å². The van der Waals surface area contributed by atoms with Gasteiger partial charge in [0, 0.05) is 12.0 Å². The summed E-state index contributed by atoms with van der Waals surface area (Å²) in [5.74, 6) is 0. The number of allylic oxidation sites excluding steroid dienone is 3. The number of hydrogen-bond donors (Lipinski definition) is 1. The summed E-state index contributed by atoms with van der Waals surface area (Å²) in [6.07, 6.45) is 3.74. The SMILES string of the molecule is CCN(CC)CCC1(CN)C=CC(c2ccc(C(F)(F)F)cc2)=CC1. The van der Waals surface area contributed by atoms with Gasteiger partial charge in [-0.05, 0) is 55.7 Å². The molecule has 1 unspecified atom stereocenters. The zero-order chi connectivity index (χ0) is 18.5. The molecule has 0 aliphatic heterocycles. The van der Waals surface area contributed by atoms with Gasteiger partial charge in [-0.3, -0.25) is 0 Å². The van der Waals surface area contributed by atoms with Crippen LogP contribution in [-0.4, -0.2) is 31.1 Å². The lowest BCUT2D eigenvalue weighted by molar-refractivity contribution is -0.137. The molecular formula is C20H27F3N2. The van der Waals surface area contributed by atoms with E-state index in [2.05, 4.69) is 30.9 Å². The highest BCUT2D eigenvalue weighted by atomic mass is 19.4. The van der Waals surface area contributed by atoms with Gasteiger partial charge >= 0.3 is 6.18 Å². The second-order valence-electron chi connectivity index (χ2n) is 6.62. The molecule has 5 heteroatoms. The number of hydrogen-bond acceptors (Lipinski definition) is 2. The Kier molecular flexibility index (Phi) is 6.47. The second-order valence-corrected chi connectivity index (χ2v) is 6.62. The van der Waals surface area contributed by atoms with Crippen LogP contribution >= 0.6 is 0 Å². The van der Waals surface area contributed by atoms with Crippen LogP contribution in [0.5, 0.6) is 0 Å². The van der Waals surface area contributed by atoms with E-state index < -0.39 is 11.7 Å². The molecule has 0 spiro atoms. The molecule has 138 valence electrons. The summed E-state index contributed by atoms with van der Waals surface area (Å²) < 4.78 is 38.0. The quantitative estimate of drug-likeness (QED) is 0.769. The maximum Gasteiger partial charge on any atom is 0.416 e. The summed E-state index contributed by atoms with van der Waals surface area (Å²) in [6.45, 7) is 7.91. The van der Waals surface area contributed by atoms with E-state index in [0.29, 0.717) is 6.54 Å². The zero-order valence-corrected chi connectivity index (χ0v) is 14.9. The van der Waals surface area contributed by atoms with Gasteiger partial charge in [0.25, 0.3) is 0 Å². The molecule has 1 aromatic carbocycles. The Morgan fingerprint density at radius 3 is 2.20 bits per heavy atom. The molecule has 2 N–H and O–H groups in total. The lowest BCUT2D eigenvalue weighted by Crippen LogP contribution is -2.35. The minimum atomic E-state index is -4.30. The average Bonchev–Trinajstić information content (AvgIpc) is 2.62. The highest BCUT2D eigenvalue weighted by molar-refractivity contribution is 5.75. The highest BCUT2D eigenvalue weighted by Gasteiger charge is 2.30. The van der Waals surface area contributed by atoms with Crippen molar-refractivity contribution in [2.24, 2.45) is 11.1 Å². The highest BCUT2D eigenvalue weighted by Crippen LogP contribution is 2.36. The second kappa shape index (κ2) is 8.19. The first-order valence-electron chi connectivity index (χ1n) is 8.83. The molecule has 1 aliphatic carbocycles. The Morgan fingerprint density at radius 1 is 1.12 bits per heavy atom. The van der Waals surface area contributed by atoms with E-state index in [1.807, 2.05) is 6.08 Å². The molecule has 0 saturated heterocycles. The maximum absolute atomic E-state index is 12.7. The normalized spacial score (nSPS) is 20.8. The van der Waals surface area contributed by atoms with Crippen LogP contribution in [0.1, 0.15) is 37.8 Å². The first-order valence-corrected chi connectivity index (χ1v) is 8.83. The number of benzene rings is 1. The molecular weight excluding hydrogens is 325 g/mol. The predicted molar refractivity (Wildman–Crippen MR) is 97.1 cm³/mol. The molecule has 1 aromatic rings. The molecule has 2 nitrogen and oxygen atoms in total. The van der Waals surface area contributed by atoms with Gasteiger partial charge in [0.1, 0.15) is 0 Å². The van der Waals surface area contributed by atoms with E-state index in [-0.39, 0.29) is 5.41 Å². The maximum atomic E-state index is 12.7. The van der Waals surface area contributed by atoms with Gasteiger partial charge in [0.05, 0.1) is 5.56 Å². The van der Waals surface area contributed by atoms with Crippen molar-refractivity contribution in [1.82, 2.24) is 4.90 Å². The van der Waals surface area contributed by atoms with Crippen LogP contribution in [0.4, 0.5) is 13.2 Å². The van der Waals surface area contributed by atoms with Crippen molar-refractivity contribution in [2.45, 2.75) is 32.9 Å². The van der Waals surface area contributed by atoms with E-state index in [0.717, 1.165) is 55.7 Å². The van der Waals surface area contributed by atoms with Crippen LogP contribution in [0, 0.1) is 5.41 Å². The Labute approximate surface area is 148 Å². The van der Waals surface area contributed by atoms with Crippen LogP contribution in [0.25, 0.3) is 5.57 Å². The number of halogens is 3. The first kappa shape index (κ1) is 19.7. The van der Waals surface area contributed by atoms with E-state index >= 15 is 0 Å². The Hall–Kier alpha value is -1.59. The standard InChI is InChI=1S/C20H27F3N2/c1-3-25(4-2)14-13-19(15-24)11-9-17(10-12-19)16-5-7-18(8-6-16)20(21,22)23/h5-11H,3-4,12-15,24H2,1-2H3. The Balaban J connectivity index is 2.07. The topological polar surface area (TPSA) is 29.3 Å². The molecule has 1 aliphatic rings. The van der Waals surface area contributed by atoms with Crippen molar-refractivity contribution in [1.29, 1.82) is 0 Å². The molecule has 1 atom stereocenters. The van der Waals surface area contributed by atoms with Crippen molar-refractivity contribution in [3.63, 3.8) is 0 Å². The fourth-order valence-corrected chi connectivity index (χ4v) is 3.14. The predicted octanol–water partition coefficient (Wildman–Crippen LogP) is 4.73. The van der Waals surface area contributed by atoms with E-state index in [1.165, 1.54) is 12.1 Å². The van der Waals surface area contributed by atoms with Crippen LogP contribution in [0.3, 0.4) is 0 Å². The van der Waals surface area contributed by atoms with E-state index in [9.17, 15) is 13.2 Å². The molecule has 0 bridgehead atoms. The number of nitrogens with zero attached hydrogens (tertiary/aromatic N) is 1. The molecule has 0 heterocycles. The third-order valence-corrected chi connectivity index (χ3v) is 5.12. The van der Waals surface area contributed by atoms with Crippen molar-refractivity contribution in [3.8, 4) is 0 Å². The van der Waals surface area contributed by atoms with Gasteiger partial charge in [-0.15, -0.1) is 0 Å². The van der Waals surface area contributed by atoms with Gasteiger partial charge in [-0.2, -0.15) is 13.2 Å². The summed E-state index contributed by atoms with van der Waals surface area (Å²) in [5.41, 5.74) is 7.12. The van der Waals surface area contributed by atoms with Gasteiger partial charge in [-0.1, -0.05) is 44.2 Å². The first-order chi connectivity index (χ1) is 11.8. The van der Waals surface area contributed by atoms with Crippen LogP contribution in [0.2, 0.25) is 0 Å². The van der Waals surface area contributed by atoms with Crippen LogP contribution < -0.4 is 5.73 Å². The molecule has 0 amide bonds. The minimum absolute atomic E-state index is 0.0575. The molecule has 25 heavy (non-hydrogen) atoms. The zero-order valence-electron chi connectivity index (χ0n) is 14.9. The summed E-state index contributed by atoms with van der Waals surface area (Å²) in [4.78, 5) is 2.38. The largest absolute Gasteiger partial charge is 0.416 e. The van der Waals surface area contributed by atoms with Crippen LogP contribution in [-0.2, 0) is 6.18 Å². The Bertz CT molecular complexity index is 613. The average molecular weight is 352 g/mol. The number of alkyl halides is 3. The molecule has 0 radical (unpaired) electrons. The summed E-state index contributed by atoms with van der Waals surface area (Å²) in [5, 5.41) is 0. The third-order valence-electron chi connectivity index (χ3n) is 5.12.